The molecule has 0 fully saturated rings. The van der Waals surface area contributed by atoms with Crippen LogP contribution in [-0.4, -0.2) is 18.4 Å². The average Bonchev–Trinajstić information content (AvgIpc) is 2.46. The number of Topliss-reactive ketones (excluding diaryl/α,β-unsaturated/α-hetero) is 1. The van der Waals surface area contributed by atoms with Gasteiger partial charge in [-0.3, -0.25) is 9.59 Å². The largest absolute Gasteiger partial charge is 0.466 e. The topological polar surface area (TPSA) is 43.4 Å². The van der Waals surface area contributed by atoms with Crippen molar-refractivity contribution in [2.24, 2.45) is 5.41 Å². The molecule has 0 aliphatic heterocycles. The number of hydrogen-bond donors (Lipinski definition) is 0. The van der Waals surface area contributed by atoms with Gasteiger partial charge in [-0.05, 0) is 37.6 Å². The fourth-order valence-electron chi connectivity index (χ4n) is 2.26. The Balaban J connectivity index is 2.20. The molecular weight excluding hydrogens is 264 g/mol. The van der Waals surface area contributed by atoms with Crippen molar-refractivity contribution < 1.29 is 14.3 Å². The van der Waals surface area contributed by atoms with Gasteiger partial charge in [0.2, 0.25) is 0 Å². The summed E-state index contributed by atoms with van der Waals surface area (Å²) in [5.74, 6) is -0.377. The number of benzene rings is 2. The number of carbonyl (C=O) groups is 2. The molecule has 0 amide bonds. The fraction of sp³-hybridized carbons (Fsp3) is 0.333. The number of rotatable bonds is 5. The molecule has 0 aliphatic rings. The molecule has 0 spiro atoms. The van der Waals surface area contributed by atoms with Crippen LogP contribution in [0.25, 0.3) is 10.8 Å². The van der Waals surface area contributed by atoms with E-state index in [1.165, 1.54) is 0 Å². The zero-order valence-corrected chi connectivity index (χ0v) is 12.7. The van der Waals surface area contributed by atoms with Crippen molar-refractivity contribution in [1.29, 1.82) is 0 Å². The molecular formula is C18H20O3. The normalized spacial score (nSPS) is 11.4. The van der Waals surface area contributed by atoms with Crippen LogP contribution in [0.5, 0.6) is 0 Å². The van der Waals surface area contributed by atoms with Crippen molar-refractivity contribution in [3.8, 4) is 0 Å². The zero-order chi connectivity index (χ0) is 15.5. The first-order chi connectivity index (χ1) is 9.94. The highest BCUT2D eigenvalue weighted by Crippen LogP contribution is 2.26. The lowest BCUT2D eigenvalue weighted by Gasteiger charge is -2.21. The molecule has 0 unspecified atom stereocenters. The van der Waals surface area contributed by atoms with Crippen molar-refractivity contribution in [3.05, 3.63) is 48.0 Å². The Morgan fingerprint density at radius 3 is 2.38 bits per heavy atom. The van der Waals surface area contributed by atoms with Crippen LogP contribution < -0.4 is 0 Å². The van der Waals surface area contributed by atoms with Crippen LogP contribution in [0.2, 0.25) is 0 Å². The van der Waals surface area contributed by atoms with Crippen LogP contribution in [0.15, 0.2) is 42.5 Å². The number of hydrogen-bond acceptors (Lipinski definition) is 3. The minimum Gasteiger partial charge on any atom is -0.466 e. The van der Waals surface area contributed by atoms with Crippen LogP contribution in [0, 0.1) is 5.41 Å². The highest BCUT2D eigenvalue weighted by molar-refractivity contribution is 6.01. The molecule has 0 aromatic heterocycles. The van der Waals surface area contributed by atoms with E-state index in [9.17, 15) is 9.59 Å². The van der Waals surface area contributed by atoms with Gasteiger partial charge in [-0.2, -0.15) is 0 Å². The van der Waals surface area contributed by atoms with E-state index in [4.69, 9.17) is 4.74 Å². The van der Waals surface area contributed by atoms with Gasteiger partial charge in [-0.1, -0.05) is 36.4 Å². The maximum atomic E-state index is 12.4. The summed E-state index contributed by atoms with van der Waals surface area (Å²) in [6.45, 7) is 5.57. The van der Waals surface area contributed by atoms with E-state index in [0.717, 1.165) is 10.8 Å². The van der Waals surface area contributed by atoms with Crippen LogP contribution >= 0.6 is 0 Å². The summed E-state index contributed by atoms with van der Waals surface area (Å²) >= 11 is 0. The molecule has 3 heteroatoms. The predicted molar refractivity (Wildman–Crippen MR) is 83.3 cm³/mol. The van der Waals surface area contributed by atoms with Gasteiger partial charge in [0.25, 0.3) is 0 Å². The van der Waals surface area contributed by atoms with Crippen LogP contribution in [0.4, 0.5) is 0 Å². The second kappa shape index (κ2) is 6.08. The standard InChI is InChI=1S/C18H20O3/c1-4-21-17(20)18(2,3)12-16(19)15-10-9-13-7-5-6-8-14(13)11-15/h5-11H,4,12H2,1-3H3. The molecule has 0 bridgehead atoms. The summed E-state index contributed by atoms with van der Waals surface area (Å²) in [4.78, 5) is 24.3. The van der Waals surface area contributed by atoms with Gasteiger partial charge in [0.1, 0.15) is 0 Å². The van der Waals surface area contributed by atoms with E-state index >= 15 is 0 Å². The summed E-state index contributed by atoms with van der Waals surface area (Å²) < 4.78 is 5.02. The quantitative estimate of drug-likeness (QED) is 0.615. The summed E-state index contributed by atoms with van der Waals surface area (Å²) in [7, 11) is 0. The van der Waals surface area contributed by atoms with Crippen molar-refractivity contribution in [2.75, 3.05) is 6.61 Å². The molecule has 3 nitrogen and oxygen atoms in total. The lowest BCUT2D eigenvalue weighted by Crippen LogP contribution is -2.29. The van der Waals surface area contributed by atoms with Crippen LogP contribution in [-0.2, 0) is 9.53 Å². The molecule has 0 radical (unpaired) electrons. The Kier molecular flexibility index (Phi) is 4.41. The van der Waals surface area contributed by atoms with Gasteiger partial charge in [0, 0.05) is 12.0 Å². The first-order valence-corrected chi connectivity index (χ1v) is 7.13. The molecule has 0 heterocycles. The van der Waals surface area contributed by atoms with Crippen molar-refractivity contribution in [1.82, 2.24) is 0 Å². The lowest BCUT2D eigenvalue weighted by atomic mass is 9.85. The molecule has 110 valence electrons. The third-order valence-electron chi connectivity index (χ3n) is 3.50. The van der Waals surface area contributed by atoms with Gasteiger partial charge < -0.3 is 4.74 Å². The second-order valence-corrected chi connectivity index (χ2v) is 5.77. The van der Waals surface area contributed by atoms with Crippen LogP contribution in [0.1, 0.15) is 37.6 Å². The first kappa shape index (κ1) is 15.2. The number of ether oxygens (including phenoxy) is 1. The molecule has 2 rings (SSSR count). The van der Waals surface area contributed by atoms with Crippen molar-refractivity contribution in [2.45, 2.75) is 27.2 Å². The number of esters is 1. The molecule has 0 saturated carbocycles. The molecule has 0 aliphatic carbocycles. The average molecular weight is 284 g/mol. The molecule has 21 heavy (non-hydrogen) atoms. The Labute approximate surface area is 124 Å². The Hall–Kier alpha value is -2.16. The smallest absolute Gasteiger partial charge is 0.311 e. The first-order valence-electron chi connectivity index (χ1n) is 7.13. The maximum absolute atomic E-state index is 12.4. The predicted octanol–water partition coefficient (Wildman–Crippen LogP) is 4.00. The minimum atomic E-state index is -0.807. The lowest BCUT2D eigenvalue weighted by molar-refractivity contribution is -0.153. The van der Waals surface area contributed by atoms with Gasteiger partial charge >= 0.3 is 5.97 Å². The number of ketones is 1. The minimum absolute atomic E-state index is 0.0428. The highest BCUT2D eigenvalue weighted by atomic mass is 16.5. The summed E-state index contributed by atoms with van der Waals surface area (Å²) in [5.41, 5.74) is -0.176. The second-order valence-electron chi connectivity index (χ2n) is 5.77. The van der Waals surface area contributed by atoms with Crippen LogP contribution in [0.3, 0.4) is 0 Å². The fourth-order valence-corrected chi connectivity index (χ4v) is 2.26. The summed E-state index contributed by atoms with van der Waals surface area (Å²) in [5, 5.41) is 2.12. The van der Waals surface area contributed by atoms with Gasteiger partial charge in [-0.25, -0.2) is 0 Å². The Morgan fingerprint density at radius 2 is 1.71 bits per heavy atom. The summed E-state index contributed by atoms with van der Waals surface area (Å²) in [6.07, 6.45) is 0.143. The van der Waals surface area contributed by atoms with Gasteiger partial charge in [-0.15, -0.1) is 0 Å². The van der Waals surface area contributed by atoms with E-state index in [1.807, 2.05) is 42.5 Å². The Bertz CT molecular complexity index is 671. The molecule has 0 atom stereocenters. The SMILES string of the molecule is CCOC(=O)C(C)(C)CC(=O)c1ccc2ccccc2c1. The third kappa shape index (κ3) is 3.48. The van der Waals surface area contributed by atoms with Gasteiger partial charge in [0.15, 0.2) is 5.78 Å². The third-order valence-corrected chi connectivity index (χ3v) is 3.50. The van der Waals surface area contributed by atoms with Crippen molar-refractivity contribution in [3.63, 3.8) is 0 Å². The van der Waals surface area contributed by atoms with E-state index in [0.29, 0.717) is 12.2 Å². The molecule has 0 saturated heterocycles. The summed E-state index contributed by atoms with van der Waals surface area (Å²) in [6, 6.07) is 13.5. The van der Waals surface area contributed by atoms with E-state index in [-0.39, 0.29) is 18.2 Å². The molecule has 2 aromatic rings. The Morgan fingerprint density at radius 1 is 1.05 bits per heavy atom. The maximum Gasteiger partial charge on any atom is 0.311 e. The van der Waals surface area contributed by atoms with Gasteiger partial charge in [0.05, 0.1) is 12.0 Å². The highest BCUT2D eigenvalue weighted by Gasteiger charge is 2.32. The molecule has 2 aromatic carbocycles. The van der Waals surface area contributed by atoms with E-state index < -0.39 is 5.41 Å². The molecule has 0 N–H and O–H groups in total. The van der Waals surface area contributed by atoms with Crippen molar-refractivity contribution >= 4 is 22.5 Å². The zero-order valence-electron chi connectivity index (χ0n) is 12.7. The number of carbonyl (C=O) groups excluding carboxylic acids is 2. The van der Waals surface area contributed by atoms with E-state index in [2.05, 4.69) is 0 Å². The monoisotopic (exact) mass is 284 g/mol. The number of fused-ring (bicyclic) bond motifs is 1. The van der Waals surface area contributed by atoms with E-state index in [1.54, 1.807) is 20.8 Å².